The summed E-state index contributed by atoms with van der Waals surface area (Å²) >= 11 is 0. The molecule has 0 rings (SSSR count). The molecule has 0 N–H and O–H groups in total. The SMILES string of the molecule is CC/C=C\CC(C)C(=O)C(C)C. The van der Waals surface area contributed by atoms with E-state index in [1.807, 2.05) is 20.8 Å². The van der Waals surface area contributed by atoms with E-state index in [4.69, 9.17) is 0 Å². The van der Waals surface area contributed by atoms with Gasteiger partial charge in [-0.2, -0.15) is 0 Å². The van der Waals surface area contributed by atoms with Gasteiger partial charge in [-0.3, -0.25) is 4.79 Å². The van der Waals surface area contributed by atoms with Gasteiger partial charge < -0.3 is 0 Å². The number of hydrogen-bond acceptors (Lipinski definition) is 1. The van der Waals surface area contributed by atoms with Crippen molar-refractivity contribution in [2.75, 3.05) is 0 Å². The highest BCUT2D eigenvalue weighted by molar-refractivity contribution is 5.82. The smallest absolute Gasteiger partial charge is 0.138 e. The van der Waals surface area contributed by atoms with Gasteiger partial charge in [0.15, 0.2) is 0 Å². The van der Waals surface area contributed by atoms with Gasteiger partial charge in [-0.25, -0.2) is 0 Å². The molecule has 12 heavy (non-hydrogen) atoms. The number of hydrogen-bond donors (Lipinski definition) is 0. The van der Waals surface area contributed by atoms with Crippen LogP contribution in [-0.4, -0.2) is 5.78 Å². The molecule has 0 heterocycles. The standard InChI is InChI=1S/C11H20O/c1-5-6-7-8-10(4)11(12)9(2)3/h6-7,9-10H,5,8H2,1-4H3/b7-6-. The van der Waals surface area contributed by atoms with E-state index in [0.717, 1.165) is 12.8 Å². The van der Waals surface area contributed by atoms with Gasteiger partial charge in [-0.05, 0) is 12.8 Å². The van der Waals surface area contributed by atoms with Crippen LogP contribution in [-0.2, 0) is 4.79 Å². The normalized spacial score (nSPS) is 14.1. The predicted octanol–water partition coefficient (Wildman–Crippen LogP) is 3.20. The van der Waals surface area contributed by atoms with E-state index in [-0.39, 0.29) is 11.8 Å². The van der Waals surface area contributed by atoms with Gasteiger partial charge in [0.1, 0.15) is 5.78 Å². The summed E-state index contributed by atoms with van der Waals surface area (Å²) in [5.41, 5.74) is 0. The van der Waals surface area contributed by atoms with E-state index in [1.54, 1.807) is 0 Å². The Morgan fingerprint density at radius 2 is 1.83 bits per heavy atom. The summed E-state index contributed by atoms with van der Waals surface area (Å²) in [5.74, 6) is 0.735. The van der Waals surface area contributed by atoms with Crippen molar-refractivity contribution in [3.8, 4) is 0 Å². The summed E-state index contributed by atoms with van der Waals surface area (Å²) in [6.07, 6.45) is 6.17. The van der Waals surface area contributed by atoms with Gasteiger partial charge in [-0.15, -0.1) is 0 Å². The van der Waals surface area contributed by atoms with Crippen LogP contribution in [0.3, 0.4) is 0 Å². The second-order valence-electron chi connectivity index (χ2n) is 3.57. The molecule has 70 valence electrons. The molecule has 0 aromatic carbocycles. The highest BCUT2D eigenvalue weighted by Crippen LogP contribution is 2.10. The summed E-state index contributed by atoms with van der Waals surface area (Å²) in [5, 5.41) is 0. The maximum Gasteiger partial charge on any atom is 0.138 e. The fraction of sp³-hybridized carbons (Fsp3) is 0.727. The molecule has 1 nitrogen and oxygen atoms in total. The lowest BCUT2D eigenvalue weighted by atomic mass is 9.94. The number of rotatable bonds is 5. The summed E-state index contributed by atoms with van der Waals surface area (Å²) < 4.78 is 0. The zero-order valence-electron chi connectivity index (χ0n) is 8.63. The second kappa shape index (κ2) is 5.99. The van der Waals surface area contributed by atoms with Crippen molar-refractivity contribution in [1.82, 2.24) is 0 Å². The maximum absolute atomic E-state index is 11.4. The van der Waals surface area contributed by atoms with Crippen molar-refractivity contribution in [2.45, 2.75) is 40.5 Å². The third-order valence-corrected chi connectivity index (χ3v) is 1.95. The van der Waals surface area contributed by atoms with Crippen LogP contribution in [0.5, 0.6) is 0 Å². The first-order valence-electron chi connectivity index (χ1n) is 4.78. The van der Waals surface area contributed by atoms with Gasteiger partial charge in [0.25, 0.3) is 0 Å². The Morgan fingerprint density at radius 3 is 2.25 bits per heavy atom. The van der Waals surface area contributed by atoms with E-state index < -0.39 is 0 Å². The van der Waals surface area contributed by atoms with Crippen LogP contribution >= 0.6 is 0 Å². The lowest BCUT2D eigenvalue weighted by molar-refractivity contribution is -0.125. The Labute approximate surface area is 75.9 Å². The van der Waals surface area contributed by atoms with Gasteiger partial charge >= 0.3 is 0 Å². The van der Waals surface area contributed by atoms with Crippen LogP contribution < -0.4 is 0 Å². The average Bonchev–Trinajstić information content (AvgIpc) is 2.03. The zero-order chi connectivity index (χ0) is 9.56. The van der Waals surface area contributed by atoms with Crippen molar-refractivity contribution < 1.29 is 4.79 Å². The minimum atomic E-state index is 0.176. The Kier molecular flexibility index (Phi) is 5.69. The first kappa shape index (κ1) is 11.4. The van der Waals surface area contributed by atoms with Gasteiger partial charge in [-0.1, -0.05) is 39.8 Å². The molecule has 0 fully saturated rings. The molecule has 0 radical (unpaired) electrons. The van der Waals surface area contributed by atoms with Crippen LogP contribution in [0.1, 0.15) is 40.5 Å². The molecule has 0 saturated carbocycles. The predicted molar refractivity (Wildman–Crippen MR) is 53.1 cm³/mol. The Hall–Kier alpha value is -0.590. The van der Waals surface area contributed by atoms with E-state index in [0.29, 0.717) is 5.78 Å². The van der Waals surface area contributed by atoms with Gasteiger partial charge in [0.2, 0.25) is 0 Å². The molecule has 0 aromatic heterocycles. The molecule has 1 unspecified atom stereocenters. The van der Waals surface area contributed by atoms with Gasteiger partial charge in [0, 0.05) is 11.8 Å². The summed E-state index contributed by atoms with van der Waals surface area (Å²) in [7, 11) is 0. The number of ketones is 1. The second-order valence-corrected chi connectivity index (χ2v) is 3.57. The molecular weight excluding hydrogens is 148 g/mol. The molecule has 0 aliphatic rings. The van der Waals surface area contributed by atoms with Crippen LogP contribution in [0, 0.1) is 11.8 Å². The lowest BCUT2D eigenvalue weighted by Crippen LogP contribution is -2.16. The summed E-state index contributed by atoms with van der Waals surface area (Å²) in [4.78, 5) is 11.4. The molecule has 0 amide bonds. The maximum atomic E-state index is 11.4. The molecule has 1 heteroatoms. The monoisotopic (exact) mass is 168 g/mol. The van der Waals surface area contributed by atoms with Crippen LogP contribution in [0.4, 0.5) is 0 Å². The van der Waals surface area contributed by atoms with E-state index in [9.17, 15) is 4.79 Å². The van der Waals surface area contributed by atoms with Crippen LogP contribution in [0.15, 0.2) is 12.2 Å². The number of carbonyl (C=O) groups excluding carboxylic acids is 1. The highest BCUT2D eigenvalue weighted by atomic mass is 16.1. The quantitative estimate of drug-likeness (QED) is 0.576. The molecule has 0 saturated heterocycles. The molecule has 0 spiro atoms. The summed E-state index contributed by atoms with van der Waals surface area (Å²) in [6.45, 7) is 8.03. The lowest BCUT2D eigenvalue weighted by Gasteiger charge is -2.09. The largest absolute Gasteiger partial charge is 0.299 e. The van der Waals surface area contributed by atoms with Crippen molar-refractivity contribution in [3.63, 3.8) is 0 Å². The van der Waals surface area contributed by atoms with Crippen molar-refractivity contribution in [3.05, 3.63) is 12.2 Å². The minimum Gasteiger partial charge on any atom is -0.299 e. The first-order chi connectivity index (χ1) is 5.59. The van der Waals surface area contributed by atoms with Gasteiger partial charge in [0.05, 0.1) is 0 Å². The van der Waals surface area contributed by atoms with Crippen LogP contribution in [0.2, 0.25) is 0 Å². The van der Waals surface area contributed by atoms with E-state index in [1.165, 1.54) is 0 Å². The Balaban J connectivity index is 3.79. The fourth-order valence-corrected chi connectivity index (χ4v) is 1.15. The molecular formula is C11H20O. The number of carbonyl (C=O) groups is 1. The van der Waals surface area contributed by atoms with E-state index in [2.05, 4.69) is 19.1 Å². The van der Waals surface area contributed by atoms with E-state index >= 15 is 0 Å². The third kappa shape index (κ3) is 4.32. The summed E-state index contributed by atoms with van der Waals surface area (Å²) in [6, 6.07) is 0. The van der Waals surface area contributed by atoms with Crippen molar-refractivity contribution >= 4 is 5.78 Å². The minimum absolute atomic E-state index is 0.176. The zero-order valence-corrected chi connectivity index (χ0v) is 8.63. The Morgan fingerprint density at radius 1 is 1.25 bits per heavy atom. The third-order valence-electron chi connectivity index (χ3n) is 1.95. The van der Waals surface area contributed by atoms with Crippen molar-refractivity contribution in [1.29, 1.82) is 0 Å². The topological polar surface area (TPSA) is 17.1 Å². The van der Waals surface area contributed by atoms with Crippen molar-refractivity contribution in [2.24, 2.45) is 11.8 Å². The fourth-order valence-electron chi connectivity index (χ4n) is 1.15. The number of Topliss-reactive ketones (excluding diaryl/α,β-unsaturated/α-hetero) is 1. The first-order valence-corrected chi connectivity index (χ1v) is 4.78. The average molecular weight is 168 g/mol. The molecule has 0 aliphatic carbocycles. The number of allylic oxidation sites excluding steroid dienone is 2. The molecule has 0 aromatic rings. The van der Waals surface area contributed by atoms with Crippen LogP contribution in [0.25, 0.3) is 0 Å². The molecule has 0 aliphatic heterocycles. The Bertz CT molecular complexity index is 156. The molecule has 1 atom stereocenters. The molecule has 0 bridgehead atoms. The highest BCUT2D eigenvalue weighted by Gasteiger charge is 2.14.